The fraction of sp³-hybridized carbons (Fsp3) is 0.304. The Balaban J connectivity index is 1.43. The lowest BCUT2D eigenvalue weighted by molar-refractivity contribution is 0.0566. The van der Waals surface area contributed by atoms with E-state index in [9.17, 15) is 17.2 Å². The Bertz CT molecular complexity index is 1400. The summed E-state index contributed by atoms with van der Waals surface area (Å²) in [5.41, 5.74) is 3.78. The number of fused-ring (bicyclic) bond motifs is 1. The van der Waals surface area contributed by atoms with Gasteiger partial charge in [-0.15, -0.1) is 0 Å². The molecule has 1 saturated carbocycles. The molecule has 0 spiro atoms. The number of pyridine rings is 1. The van der Waals surface area contributed by atoms with Gasteiger partial charge in [-0.25, -0.2) is 18.1 Å². The molecule has 0 radical (unpaired) electrons. The molecule has 1 aliphatic carbocycles. The van der Waals surface area contributed by atoms with Gasteiger partial charge in [0.1, 0.15) is 21.6 Å². The zero-order chi connectivity index (χ0) is 23.2. The minimum absolute atomic E-state index is 0.181. The van der Waals surface area contributed by atoms with Crippen LogP contribution >= 0.6 is 0 Å². The smallest absolute Gasteiger partial charge is 0.333 e. The van der Waals surface area contributed by atoms with Crippen molar-refractivity contribution in [3.8, 4) is 28.3 Å². The summed E-state index contributed by atoms with van der Waals surface area (Å²) < 4.78 is 58.1. The van der Waals surface area contributed by atoms with Crippen LogP contribution in [0.5, 0.6) is 5.88 Å². The van der Waals surface area contributed by atoms with E-state index in [1.807, 2.05) is 46.9 Å². The number of nitrogens with zero attached hydrogens (tertiary/aromatic N) is 4. The van der Waals surface area contributed by atoms with Gasteiger partial charge < -0.3 is 4.74 Å². The number of ether oxygens (including phenoxy) is 1. The van der Waals surface area contributed by atoms with E-state index in [2.05, 4.69) is 10.1 Å². The standard InChI is InChI=1S/C23H22F2N4O3S/c1-33(30,31)19-10-9-18(11-19)32-22-4-2-3-21-26-13-20(29(21)22)16-7-5-15(6-8-16)17-12-27-28(14-17)23(24)25/h2-8,12-14,18-19,23H,9-11H2,1H3. The Hall–Kier alpha value is -3.27. The van der Waals surface area contributed by atoms with E-state index in [1.165, 1.54) is 18.6 Å². The molecule has 7 nitrogen and oxygen atoms in total. The van der Waals surface area contributed by atoms with Crippen molar-refractivity contribution in [1.82, 2.24) is 19.2 Å². The highest BCUT2D eigenvalue weighted by Gasteiger charge is 2.33. The predicted molar refractivity (Wildman–Crippen MR) is 120 cm³/mol. The molecule has 2 atom stereocenters. The SMILES string of the molecule is CS(=O)(=O)C1CCC(Oc2cccc3ncc(-c4ccc(-c5cnn(C(F)F)c5)cc4)n23)C1. The Labute approximate surface area is 189 Å². The van der Waals surface area contributed by atoms with Crippen LogP contribution < -0.4 is 4.74 Å². The second-order valence-electron chi connectivity index (χ2n) is 8.27. The second kappa shape index (κ2) is 8.26. The van der Waals surface area contributed by atoms with E-state index in [1.54, 1.807) is 6.20 Å². The van der Waals surface area contributed by atoms with E-state index in [-0.39, 0.29) is 11.4 Å². The molecule has 10 heteroatoms. The van der Waals surface area contributed by atoms with Gasteiger partial charge in [0.05, 0.1) is 23.3 Å². The van der Waals surface area contributed by atoms with Gasteiger partial charge in [-0.3, -0.25) is 4.40 Å². The average molecular weight is 473 g/mol. The Morgan fingerprint density at radius 1 is 1.03 bits per heavy atom. The monoisotopic (exact) mass is 472 g/mol. The van der Waals surface area contributed by atoms with Crippen LogP contribution in [-0.2, 0) is 9.84 Å². The Kier molecular flexibility index (Phi) is 5.40. The van der Waals surface area contributed by atoms with Gasteiger partial charge in [-0.2, -0.15) is 13.9 Å². The molecule has 0 saturated heterocycles. The lowest BCUT2D eigenvalue weighted by Gasteiger charge is -2.16. The van der Waals surface area contributed by atoms with Crippen molar-refractivity contribution >= 4 is 15.5 Å². The molecule has 0 bridgehead atoms. The van der Waals surface area contributed by atoms with Gasteiger partial charge in [0.2, 0.25) is 0 Å². The minimum Gasteiger partial charge on any atom is -0.475 e. The van der Waals surface area contributed by atoms with E-state index in [0.29, 0.717) is 41.0 Å². The topological polar surface area (TPSA) is 78.5 Å². The molecular weight excluding hydrogens is 450 g/mol. The second-order valence-corrected chi connectivity index (χ2v) is 10.6. The number of aromatic nitrogens is 4. The first-order valence-electron chi connectivity index (χ1n) is 10.5. The molecule has 3 heterocycles. The minimum atomic E-state index is -3.09. The molecule has 1 aliphatic rings. The Morgan fingerprint density at radius 3 is 2.45 bits per heavy atom. The summed E-state index contributed by atoms with van der Waals surface area (Å²) in [7, 11) is -3.09. The van der Waals surface area contributed by atoms with Gasteiger partial charge in [0, 0.05) is 30.0 Å². The fourth-order valence-electron chi connectivity index (χ4n) is 4.30. The number of hydrogen-bond donors (Lipinski definition) is 0. The molecule has 172 valence electrons. The summed E-state index contributed by atoms with van der Waals surface area (Å²) in [6, 6.07) is 13.1. The lowest BCUT2D eigenvalue weighted by atomic mass is 10.1. The zero-order valence-electron chi connectivity index (χ0n) is 17.8. The van der Waals surface area contributed by atoms with Crippen LogP contribution in [0.2, 0.25) is 0 Å². The first-order chi connectivity index (χ1) is 15.8. The van der Waals surface area contributed by atoms with Gasteiger partial charge >= 0.3 is 6.55 Å². The van der Waals surface area contributed by atoms with Crippen molar-refractivity contribution in [2.75, 3.05) is 6.26 Å². The maximum absolute atomic E-state index is 12.8. The number of halogens is 2. The lowest BCUT2D eigenvalue weighted by Crippen LogP contribution is -2.20. The summed E-state index contributed by atoms with van der Waals surface area (Å²) in [4.78, 5) is 4.48. The number of benzene rings is 1. The summed E-state index contributed by atoms with van der Waals surface area (Å²) in [6.07, 6.45) is 7.31. The van der Waals surface area contributed by atoms with E-state index < -0.39 is 16.4 Å². The molecule has 4 aromatic rings. The first-order valence-corrected chi connectivity index (χ1v) is 12.5. The summed E-state index contributed by atoms with van der Waals surface area (Å²) in [5.74, 6) is 0.599. The van der Waals surface area contributed by atoms with Gasteiger partial charge in [0.25, 0.3) is 0 Å². The molecule has 3 aromatic heterocycles. The highest BCUT2D eigenvalue weighted by molar-refractivity contribution is 7.91. The van der Waals surface area contributed by atoms with E-state index in [4.69, 9.17) is 4.74 Å². The highest BCUT2D eigenvalue weighted by Crippen LogP contribution is 2.32. The van der Waals surface area contributed by atoms with Crippen LogP contribution in [0, 0.1) is 0 Å². The van der Waals surface area contributed by atoms with Gasteiger partial charge in [-0.05, 0) is 30.5 Å². The Morgan fingerprint density at radius 2 is 1.79 bits per heavy atom. The molecule has 5 rings (SSSR count). The zero-order valence-corrected chi connectivity index (χ0v) is 18.6. The van der Waals surface area contributed by atoms with Gasteiger partial charge in [-0.1, -0.05) is 30.3 Å². The summed E-state index contributed by atoms with van der Waals surface area (Å²) in [6.45, 7) is -2.68. The molecular formula is C23H22F2N4O3S. The third kappa shape index (κ3) is 4.22. The number of imidazole rings is 1. The third-order valence-electron chi connectivity index (χ3n) is 6.04. The van der Waals surface area contributed by atoms with E-state index >= 15 is 0 Å². The quantitative estimate of drug-likeness (QED) is 0.410. The number of sulfone groups is 1. The molecule has 0 aliphatic heterocycles. The first kappa shape index (κ1) is 21.6. The molecule has 1 aromatic carbocycles. The van der Waals surface area contributed by atoms with Crippen LogP contribution in [0.3, 0.4) is 0 Å². The van der Waals surface area contributed by atoms with Crippen molar-refractivity contribution in [3.63, 3.8) is 0 Å². The van der Waals surface area contributed by atoms with Crippen LogP contribution in [0.25, 0.3) is 28.0 Å². The maximum atomic E-state index is 12.8. The predicted octanol–water partition coefficient (Wildman–Crippen LogP) is 4.60. The summed E-state index contributed by atoms with van der Waals surface area (Å²) >= 11 is 0. The maximum Gasteiger partial charge on any atom is 0.333 e. The highest BCUT2D eigenvalue weighted by atomic mass is 32.2. The molecule has 0 amide bonds. The molecule has 1 fully saturated rings. The van der Waals surface area contributed by atoms with Crippen LogP contribution in [0.15, 0.2) is 61.1 Å². The molecule has 33 heavy (non-hydrogen) atoms. The van der Waals surface area contributed by atoms with Crippen LogP contribution in [0.4, 0.5) is 8.78 Å². The van der Waals surface area contributed by atoms with Crippen LogP contribution in [-0.4, -0.2) is 45.2 Å². The van der Waals surface area contributed by atoms with Crippen molar-refractivity contribution in [3.05, 3.63) is 61.1 Å². The number of alkyl halides is 2. The largest absolute Gasteiger partial charge is 0.475 e. The van der Waals surface area contributed by atoms with Crippen LogP contribution in [0.1, 0.15) is 25.8 Å². The normalized spacial score (nSPS) is 18.9. The van der Waals surface area contributed by atoms with Crippen molar-refractivity contribution < 1.29 is 21.9 Å². The van der Waals surface area contributed by atoms with Gasteiger partial charge in [0.15, 0.2) is 5.88 Å². The molecule has 0 N–H and O–H groups in total. The summed E-state index contributed by atoms with van der Waals surface area (Å²) in [5, 5.41) is 3.31. The van der Waals surface area contributed by atoms with E-state index in [0.717, 1.165) is 16.8 Å². The average Bonchev–Trinajstić information content (AvgIpc) is 3.53. The van der Waals surface area contributed by atoms with Crippen molar-refractivity contribution in [2.24, 2.45) is 0 Å². The third-order valence-corrected chi connectivity index (χ3v) is 7.68. The molecule has 2 unspecified atom stereocenters. The fourth-order valence-corrected chi connectivity index (χ4v) is 5.43. The van der Waals surface area contributed by atoms with Crippen molar-refractivity contribution in [2.45, 2.75) is 37.2 Å². The number of hydrogen-bond acceptors (Lipinski definition) is 5. The number of rotatable bonds is 6. The van der Waals surface area contributed by atoms with Crippen molar-refractivity contribution in [1.29, 1.82) is 0 Å².